The predicted octanol–water partition coefficient (Wildman–Crippen LogP) is 3.25. The molecule has 0 saturated carbocycles. The SMILES string of the molecule is CCC(C)NC(=O)C(C)Oc1ccc2c(c1)CCCC2. The molecule has 0 bridgehead atoms. The number of benzene rings is 1. The van der Waals surface area contributed by atoms with E-state index in [4.69, 9.17) is 4.74 Å². The highest BCUT2D eigenvalue weighted by atomic mass is 16.5. The van der Waals surface area contributed by atoms with E-state index < -0.39 is 6.10 Å². The number of aryl methyl sites for hydroxylation is 2. The van der Waals surface area contributed by atoms with Crippen molar-refractivity contribution in [2.45, 2.75) is 65.0 Å². The normalized spacial score (nSPS) is 16.9. The van der Waals surface area contributed by atoms with Gasteiger partial charge in [-0.05, 0) is 69.2 Å². The molecule has 0 radical (unpaired) electrons. The minimum Gasteiger partial charge on any atom is -0.481 e. The van der Waals surface area contributed by atoms with E-state index in [1.165, 1.54) is 30.4 Å². The molecule has 2 rings (SSSR count). The lowest BCUT2D eigenvalue weighted by Crippen LogP contribution is -2.41. The lowest BCUT2D eigenvalue weighted by atomic mass is 9.92. The maximum Gasteiger partial charge on any atom is 0.260 e. The van der Waals surface area contributed by atoms with Crippen LogP contribution in [0.25, 0.3) is 0 Å². The zero-order valence-corrected chi connectivity index (χ0v) is 12.7. The number of hydrogen-bond donors (Lipinski definition) is 1. The van der Waals surface area contributed by atoms with Crippen molar-refractivity contribution in [1.29, 1.82) is 0 Å². The topological polar surface area (TPSA) is 38.3 Å². The Hall–Kier alpha value is -1.51. The highest BCUT2D eigenvalue weighted by molar-refractivity contribution is 5.80. The Balaban J connectivity index is 1.97. The average Bonchev–Trinajstić information content (AvgIpc) is 2.46. The van der Waals surface area contributed by atoms with Gasteiger partial charge in [-0.3, -0.25) is 4.79 Å². The maximum atomic E-state index is 12.0. The van der Waals surface area contributed by atoms with Crippen molar-refractivity contribution in [2.24, 2.45) is 0 Å². The molecule has 0 saturated heterocycles. The Morgan fingerprint density at radius 2 is 1.95 bits per heavy atom. The zero-order chi connectivity index (χ0) is 14.5. The number of rotatable bonds is 5. The van der Waals surface area contributed by atoms with E-state index in [-0.39, 0.29) is 11.9 Å². The molecule has 0 heterocycles. The van der Waals surface area contributed by atoms with Crippen molar-refractivity contribution in [3.63, 3.8) is 0 Å². The summed E-state index contributed by atoms with van der Waals surface area (Å²) in [7, 11) is 0. The summed E-state index contributed by atoms with van der Waals surface area (Å²) in [5, 5.41) is 2.95. The Bertz CT molecular complexity index is 470. The minimum atomic E-state index is -0.453. The molecule has 3 heteroatoms. The first-order valence-corrected chi connectivity index (χ1v) is 7.69. The zero-order valence-electron chi connectivity index (χ0n) is 12.7. The molecule has 1 aromatic rings. The predicted molar refractivity (Wildman–Crippen MR) is 81.1 cm³/mol. The molecule has 1 aliphatic carbocycles. The van der Waals surface area contributed by atoms with Crippen molar-refractivity contribution in [2.75, 3.05) is 0 Å². The summed E-state index contributed by atoms with van der Waals surface area (Å²) in [6.07, 6.45) is 5.30. The number of hydrogen-bond acceptors (Lipinski definition) is 2. The van der Waals surface area contributed by atoms with Crippen LogP contribution in [0.4, 0.5) is 0 Å². The van der Waals surface area contributed by atoms with Crippen molar-refractivity contribution in [1.82, 2.24) is 5.32 Å². The highest BCUT2D eigenvalue weighted by Gasteiger charge is 2.17. The van der Waals surface area contributed by atoms with Crippen LogP contribution in [0.5, 0.6) is 5.75 Å². The van der Waals surface area contributed by atoms with Gasteiger partial charge in [0.2, 0.25) is 0 Å². The second-order valence-electron chi connectivity index (χ2n) is 5.72. The van der Waals surface area contributed by atoms with Crippen molar-refractivity contribution < 1.29 is 9.53 Å². The van der Waals surface area contributed by atoms with Gasteiger partial charge in [-0.1, -0.05) is 13.0 Å². The van der Waals surface area contributed by atoms with Gasteiger partial charge in [-0.15, -0.1) is 0 Å². The van der Waals surface area contributed by atoms with Crippen LogP contribution < -0.4 is 10.1 Å². The van der Waals surface area contributed by atoms with E-state index in [1.54, 1.807) is 6.92 Å². The van der Waals surface area contributed by atoms with Gasteiger partial charge >= 0.3 is 0 Å². The molecule has 0 aromatic heterocycles. The van der Waals surface area contributed by atoms with E-state index >= 15 is 0 Å². The number of carbonyl (C=O) groups excluding carboxylic acids is 1. The lowest BCUT2D eigenvalue weighted by molar-refractivity contribution is -0.127. The quantitative estimate of drug-likeness (QED) is 0.896. The minimum absolute atomic E-state index is 0.0444. The molecule has 2 atom stereocenters. The Morgan fingerprint density at radius 3 is 2.65 bits per heavy atom. The van der Waals surface area contributed by atoms with Gasteiger partial charge in [0.25, 0.3) is 5.91 Å². The number of carbonyl (C=O) groups is 1. The smallest absolute Gasteiger partial charge is 0.260 e. The van der Waals surface area contributed by atoms with Crippen LogP contribution in [0.3, 0.4) is 0 Å². The molecule has 1 aliphatic rings. The Labute approximate surface area is 121 Å². The molecule has 1 aromatic carbocycles. The van der Waals surface area contributed by atoms with E-state index in [0.29, 0.717) is 0 Å². The molecule has 0 aliphatic heterocycles. The molecule has 1 N–H and O–H groups in total. The van der Waals surface area contributed by atoms with Crippen LogP contribution >= 0.6 is 0 Å². The standard InChI is InChI=1S/C17H25NO2/c1-4-12(2)18-17(19)13(3)20-16-10-9-14-7-5-6-8-15(14)11-16/h9-13H,4-8H2,1-3H3,(H,18,19). The van der Waals surface area contributed by atoms with Gasteiger partial charge in [0.15, 0.2) is 6.10 Å². The van der Waals surface area contributed by atoms with Crippen LogP contribution in [0.15, 0.2) is 18.2 Å². The molecule has 110 valence electrons. The summed E-state index contributed by atoms with van der Waals surface area (Å²) in [5.41, 5.74) is 2.81. The van der Waals surface area contributed by atoms with E-state index in [1.807, 2.05) is 13.0 Å². The summed E-state index contributed by atoms with van der Waals surface area (Å²) in [6.45, 7) is 5.86. The van der Waals surface area contributed by atoms with E-state index in [9.17, 15) is 4.79 Å². The van der Waals surface area contributed by atoms with Crippen molar-refractivity contribution in [3.05, 3.63) is 29.3 Å². The fraction of sp³-hybridized carbons (Fsp3) is 0.588. The molecule has 3 nitrogen and oxygen atoms in total. The molecule has 20 heavy (non-hydrogen) atoms. The first-order valence-electron chi connectivity index (χ1n) is 7.69. The summed E-state index contributed by atoms with van der Waals surface area (Å²) in [5.74, 6) is 0.759. The molecule has 0 spiro atoms. The van der Waals surface area contributed by atoms with Gasteiger partial charge in [0, 0.05) is 6.04 Å². The summed E-state index contributed by atoms with van der Waals surface area (Å²) in [4.78, 5) is 12.0. The Kier molecular flexibility index (Phi) is 5.05. The third-order valence-electron chi connectivity index (χ3n) is 4.00. The first-order chi connectivity index (χ1) is 9.60. The van der Waals surface area contributed by atoms with E-state index in [0.717, 1.165) is 18.6 Å². The largest absolute Gasteiger partial charge is 0.481 e. The lowest BCUT2D eigenvalue weighted by Gasteiger charge is -2.20. The van der Waals surface area contributed by atoms with Crippen LogP contribution in [0.1, 0.15) is 51.2 Å². The summed E-state index contributed by atoms with van der Waals surface area (Å²) in [6, 6.07) is 6.42. The van der Waals surface area contributed by atoms with Gasteiger partial charge in [0.1, 0.15) is 5.75 Å². The average molecular weight is 275 g/mol. The molecule has 0 fully saturated rings. The van der Waals surface area contributed by atoms with Gasteiger partial charge in [-0.2, -0.15) is 0 Å². The number of fused-ring (bicyclic) bond motifs is 1. The van der Waals surface area contributed by atoms with Gasteiger partial charge in [0.05, 0.1) is 0 Å². The first kappa shape index (κ1) is 14.9. The van der Waals surface area contributed by atoms with Crippen LogP contribution in [0, 0.1) is 0 Å². The van der Waals surface area contributed by atoms with Crippen LogP contribution in [-0.4, -0.2) is 18.1 Å². The highest BCUT2D eigenvalue weighted by Crippen LogP contribution is 2.25. The van der Waals surface area contributed by atoms with Crippen molar-refractivity contribution in [3.8, 4) is 5.75 Å². The third kappa shape index (κ3) is 3.75. The fourth-order valence-electron chi connectivity index (χ4n) is 2.50. The van der Waals surface area contributed by atoms with E-state index in [2.05, 4.69) is 24.4 Å². The van der Waals surface area contributed by atoms with Gasteiger partial charge in [-0.25, -0.2) is 0 Å². The third-order valence-corrected chi connectivity index (χ3v) is 4.00. The number of amides is 1. The molecule has 2 unspecified atom stereocenters. The number of nitrogens with one attached hydrogen (secondary N) is 1. The maximum absolute atomic E-state index is 12.0. The van der Waals surface area contributed by atoms with Crippen LogP contribution in [0.2, 0.25) is 0 Å². The monoisotopic (exact) mass is 275 g/mol. The molecular formula is C17H25NO2. The summed E-state index contributed by atoms with van der Waals surface area (Å²) < 4.78 is 5.78. The summed E-state index contributed by atoms with van der Waals surface area (Å²) >= 11 is 0. The second kappa shape index (κ2) is 6.78. The number of ether oxygens (including phenoxy) is 1. The second-order valence-corrected chi connectivity index (χ2v) is 5.72. The molecule has 1 amide bonds. The van der Waals surface area contributed by atoms with Gasteiger partial charge < -0.3 is 10.1 Å². The van der Waals surface area contributed by atoms with Crippen LogP contribution in [-0.2, 0) is 17.6 Å². The van der Waals surface area contributed by atoms with Crippen molar-refractivity contribution >= 4 is 5.91 Å². The Morgan fingerprint density at radius 1 is 1.25 bits per heavy atom. The fourth-order valence-corrected chi connectivity index (χ4v) is 2.50. The molecular weight excluding hydrogens is 250 g/mol.